The van der Waals surface area contributed by atoms with Gasteiger partial charge in [0.1, 0.15) is 0 Å². The average molecular weight is 442 g/mol. The Kier molecular flexibility index (Phi) is 6.31. The van der Waals surface area contributed by atoms with Crippen molar-refractivity contribution in [2.45, 2.75) is 16.7 Å². The quantitative estimate of drug-likeness (QED) is 0.194. The normalized spacial score (nSPS) is 12.3. The number of carbonyl (C=O) groups is 2. The number of esters is 1. The number of amides is 1. The van der Waals surface area contributed by atoms with Crippen molar-refractivity contribution < 1.29 is 18.9 Å². The van der Waals surface area contributed by atoms with Crippen molar-refractivity contribution in [3.63, 3.8) is 0 Å². The Balaban J connectivity index is 1.89. The molecule has 1 aliphatic heterocycles. The minimum atomic E-state index is -0.771. The van der Waals surface area contributed by atoms with Crippen molar-refractivity contribution in [2.24, 2.45) is 0 Å². The van der Waals surface area contributed by atoms with Crippen LogP contribution in [0.1, 0.15) is 6.92 Å². The number of rotatable bonds is 5. The van der Waals surface area contributed by atoms with Crippen LogP contribution < -0.4 is 9.47 Å². The van der Waals surface area contributed by atoms with Crippen LogP contribution in [-0.4, -0.2) is 24.4 Å². The topological polar surface area (TPSA) is 72.8 Å². The standard InChI is InChI=1S/C25H19N3O3S/c1-2-31-25(30)18(17-26)16-21(27-14-8-3-9-15-27)24(29)28-19-10-4-6-12-22(19)32-23-13-7-5-11-20(23)28/h3-16H,2H2,1H3/b21-16-. The minimum Gasteiger partial charge on any atom is -0.763 e. The van der Waals surface area contributed by atoms with Crippen LogP contribution in [0.3, 0.4) is 0 Å². The van der Waals surface area contributed by atoms with Crippen LogP contribution in [0.5, 0.6) is 0 Å². The predicted octanol–water partition coefficient (Wildman–Crippen LogP) is 4.37. The second-order valence-corrected chi connectivity index (χ2v) is 7.82. The van der Waals surface area contributed by atoms with E-state index < -0.39 is 5.97 Å². The maximum atomic E-state index is 14.0. The second kappa shape index (κ2) is 9.47. The highest BCUT2D eigenvalue weighted by Crippen LogP contribution is 2.48. The van der Waals surface area contributed by atoms with E-state index in [1.807, 2.05) is 60.5 Å². The van der Waals surface area contributed by atoms with Crippen molar-refractivity contribution in [2.75, 3.05) is 11.5 Å². The molecule has 0 fully saturated rings. The zero-order valence-corrected chi connectivity index (χ0v) is 18.1. The molecule has 0 radical (unpaired) electrons. The minimum absolute atomic E-state index is 0.129. The maximum absolute atomic E-state index is 14.0. The van der Waals surface area contributed by atoms with E-state index in [2.05, 4.69) is 0 Å². The number of ether oxygens (including phenoxy) is 1. The number of anilines is 2. The van der Waals surface area contributed by atoms with E-state index >= 15 is 0 Å². The van der Waals surface area contributed by atoms with E-state index in [0.29, 0.717) is 0 Å². The van der Waals surface area contributed by atoms with Crippen LogP contribution in [-0.2, 0) is 14.3 Å². The molecule has 6 nitrogen and oxygen atoms in total. The van der Waals surface area contributed by atoms with Gasteiger partial charge in [0.25, 0.3) is 5.70 Å². The summed E-state index contributed by atoms with van der Waals surface area (Å²) in [7, 11) is 0. The summed E-state index contributed by atoms with van der Waals surface area (Å²) in [6.45, 7) is 1.79. The molecule has 1 amide bonds. The van der Waals surface area contributed by atoms with Crippen LogP contribution in [0, 0.1) is 0 Å². The van der Waals surface area contributed by atoms with Crippen LogP contribution in [0.25, 0.3) is 11.1 Å². The number of para-hydroxylation sites is 2. The van der Waals surface area contributed by atoms with Crippen molar-refractivity contribution in [1.82, 2.24) is 0 Å². The Morgan fingerprint density at radius 2 is 1.59 bits per heavy atom. The molecule has 0 bridgehead atoms. The second-order valence-electron chi connectivity index (χ2n) is 6.74. The molecule has 0 spiro atoms. The molecule has 0 N–H and O–H groups in total. The first kappa shape index (κ1) is 21.3. The number of nitrogens with zero attached hydrogens (tertiary/aromatic N) is 3. The first-order valence-electron chi connectivity index (χ1n) is 9.97. The van der Waals surface area contributed by atoms with Crippen LogP contribution in [0.4, 0.5) is 11.4 Å². The van der Waals surface area contributed by atoms with Crippen LogP contribution in [0.15, 0.2) is 101 Å². The molecule has 4 rings (SSSR count). The summed E-state index contributed by atoms with van der Waals surface area (Å²) < 4.78 is 6.58. The summed E-state index contributed by atoms with van der Waals surface area (Å²) in [5, 5.41) is 9.56. The van der Waals surface area contributed by atoms with E-state index in [9.17, 15) is 15.0 Å². The Bertz CT molecular complexity index is 1220. The van der Waals surface area contributed by atoms with Gasteiger partial charge in [-0.3, -0.25) is 15.6 Å². The molecule has 2 heterocycles. The number of fused-ring (bicyclic) bond motifs is 2. The summed E-state index contributed by atoms with van der Waals surface area (Å²) in [6.07, 6.45) is 4.67. The molecule has 0 atom stereocenters. The first-order valence-corrected chi connectivity index (χ1v) is 10.8. The van der Waals surface area contributed by atoms with Gasteiger partial charge < -0.3 is 10.1 Å². The molecule has 3 aromatic rings. The number of aromatic nitrogens is 1. The van der Waals surface area contributed by atoms with Gasteiger partial charge in [-0.25, -0.2) is 4.79 Å². The molecule has 7 heteroatoms. The first-order chi connectivity index (χ1) is 15.6. The molecule has 1 aromatic heterocycles. The lowest BCUT2D eigenvalue weighted by atomic mass is 10.1. The van der Waals surface area contributed by atoms with E-state index in [0.717, 1.165) is 21.2 Å². The van der Waals surface area contributed by atoms with Gasteiger partial charge in [-0.2, -0.15) is 4.57 Å². The third-order valence-electron chi connectivity index (χ3n) is 4.75. The van der Waals surface area contributed by atoms with Crippen LogP contribution in [0.2, 0.25) is 0 Å². The third kappa shape index (κ3) is 4.12. The summed E-state index contributed by atoms with van der Waals surface area (Å²) in [6, 6.07) is 20.6. The zero-order valence-electron chi connectivity index (χ0n) is 17.3. The molecule has 32 heavy (non-hydrogen) atoms. The largest absolute Gasteiger partial charge is 0.763 e. The number of hydrogen-bond acceptors (Lipinski definition) is 4. The van der Waals surface area contributed by atoms with Gasteiger partial charge in [0.2, 0.25) is 0 Å². The fraction of sp³-hybridized carbons (Fsp3) is 0.0800. The van der Waals surface area contributed by atoms with Gasteiger partial charge in [0, 0.05) is 28.0 Å². The van der Waals surface area contributed by atoms with E-state index in [-0.39, 0.29) is 23.8 Å². The van der Waals surface area contributed by atoms with Crippen molar-refractivity contribution >= 4 is 46.6 Å². The molecule has 1 aliphatic rings. The third-order valence-corrected chi connectivity index (χ3v) is 5.88. The highest BCUT2D eigenvalue weighted by atomic mass is 32.2. The number of carbonyl (C=O) groups excluding carboxylic acids is 2. The SMILES string of the molecule is CCOC(=O)C(=C=[N-])/C=C(/C(=O)N1c2ccccc2Sc2ccccc21)[n+]1ccccc1. The van der Waals surface area contributed by atoms with E-state index in [1.54, 1.807) is 52.7 Å². The van der Waals surface area contributed by atoms with Gasteiger partial charge in [0.05, 0.1) is 23.6 Å². The Labute approximate surface area is 190 Å². The number of benzene rings is 2. The molecule has 0 unspecified atom stereocenters. The molecule has 158 valence electrons. The van der Waals surface area contributed by atoms with Gasteiger partial charge in [0.15, 0.2) is 12.4 Å². The highest BCUT2D eigenvalue weighted by molar-refractivity contribution is 7.99. The highest BCUT2D eigenvalue weighted by Gasteiger charge is 2.34. The van der Waals surface area contributed by atoms with Crippen molar-refractivity contribution in [1.29, 1.82) is 0 Å². The van der Waals surface area contributed by atoms with E-state index in [4.69, 9.17) is 4.74 Å². The predicted molar refractivity (Wildman–Crippen MR) is 124 cm³/mol. The number of pyridine rings is 1. The average Bonchev–Trinajstić information content (AvgIpc) is 2.83. The number of hydrogen-bond donors (Lipinski definition) is 0. The van der Waals surface area contributed by atoms with Gasteiger partial charge >= 0.3 is 11.9 Å². The lowest BCUT2D eigenvalue weighted by Gasteiger charge is -2.30. The molecule has 0 aliphatic carbocycles. The summed E-state index contributed by atoms with van der Waals surface area (Å²) in [5.41, 5.74) is 1.36. The molecule has 0 saturated carbocycles. The monoisotopic (exact) mass is 441 g/mol. The Hall–Kier alpha value is -3.93. The van der Waals surface area contributed by atoms with Crippen LogP contribution >= 0.6 is 11.8 Å². The van der Waals surface area contributed by atoms with Crippen molar-refractivity contribution in [3.8, 4) is 0 Å². The van der Waals surface area contributed by atoms with Gasteiger partial charge in [-0.15, -0.1) is 0 Å². The fourth-order valence-electron chi connectivity index (χ4n) is 3.33. The molecule has 0 saturated heterocycles. The molecular weight excluding hydrogens is 422 g/mol. The summed E-state index contributed by atoms with van der Waals surface area (Å²) in [5.74, 6) is 0.713. The fourth-order valence-corrected chi connectivity index (χ4v) is 4.38. The molecular formula is C25H19N3O3S. The van der Waals surface area contributed by atoms with Crippen molar-refractivity contribution in [3.05, 3.63) is 96.2 Å². The summed E-state index contributed by atoms with van der Waals surface area (Å²) in [4.78, 5) is 29.8. The van der Waals surface area contributed by atoms with E-state index in [1.165, 1.54) is 6.08 Å². The Morgan fingerprint density at radius 1 is 1.00 bits per heavy atom. The maximum Gasteiger partial charge on any atom is 0.344 e. The van der Waals surface area contributed by atoms with Gasteiger partial charge in [-0.05, 0) is 31.2 Å². The van der Waals surface area contributed by atoms with Gasteiger partial charge in [-0.1, -0.05) is 42.1 Å². The lowest BCUT2D eigenvalue weighted by Crippen LogP contribution is -2.42. The molecule has 2 aromatic carbocycles. The lowest BCUT2D eigenvalue weighted by molar-refractivity contribution is -0.577. The summed E-state index contributed by atoms with van der Waals surface area (Å²) >= 11 is 1.59. The zero-order chi connectivity index (χ0) is 22.5. The smallest absolute Gasteiger partial charge is 0.344 e. The Morgan fingerprint density at radius 3 is 2.16 bits per heavy atom.